The Kier molecular flexibility index (Phi) is 4.11. The van der Waals surface area contributed by atoms with Gasteiger partial charge in [-0.05, 0) is 38.6 Å². The molecule has 2 aliphatic rings. The highest BCUT2D eigenvalue weighted by Crippen LogP contribution is 2.39. The Labute approximate surface area is 135 Å². The van der Waals surface area contributed by atoms with Gasteiger partial charge in [0, 0.05) is 24.8 Å². The standard InChI is InChI=1S/C16H23N5O2/c1-2-4-14-17-13(19-22-14)10-21-8-3-5-12(9-21)15-18-16(23-20-15)11-6-7-11/h11-12H,2-10H2,1H3. The van der Waals surface area contributed by atoms with Crippen LogP contribution in [0.2, 0.25) is 0 Å². The highest BCUT2D eigenvalue weighted by Gasteiger charge is 2.32. The average Bonchev–Trinajstić information content (AvgIpc) is 3.13. The molecule has 0 N–H and O–H groups in total. The Bertz CT molecular complexity index is 648. The van der Waals surface area contributed by atoms with E-state index in [1.165, 1.54) is 12.8 Å². The smallest absolute Gasteiger partial charge is 0.229 e. The first-order valence-electron chi connectivity index (χ1n) is 8.69. The molecule has 2 aromatic heterocycles. The van der Waals surface area contributed by atoms with Crippen molar-refractivity contribution in [3.05, 3.63) is 23.4 Å². The van der Waals surface area contributed by atoms with E-state index in [-0.39, 0.29) is 0 Å². The molecule has 1 unspecified atom stereocenters. The summed E-state index contributed by atoms with van der Waals surface area (Å²) in [5, 5.41) is 8.29. The lowest BCUT2D eigenvalue weighted by atomic mass is 9.97. The molecule has 0 spiro atoms. The van der Waals surface area contributed by atoms with E-state index in [1.807, 2.05) is 0 Å². The minimum absolute atomic E-state index is 0.349. The number of piperidine rings is 1. The van der Waals surface area contributed by atoms with Crippen molar-refractivity contribution in [2.24, 2.45) is 0 Å². The van der Waals surface area contributed by atoms with Crippen LogP contribution in [0.1, 0.15) is 74.3 Å². The van der Waals surface area contributed by atoms with Crippen molar-refractivity contribution in [2.45, 2.75) is 63.8 Å². The third-order valence-corrected chi connectivity index (χ3v) is 4.59. The van der Waals surface area contributed by atoms with Gasteiger partial charge in [-0.25, -0.2) is 0 Å². The number of aryl methyl sites for hydroxylation is 1. The molecule has 124 valence electrons. The van der Waals surface area contributed by atoms with E-state index in [0.29, 0.717) is 11.8 Å². The molecular weight excluding hydrogens is 294 g/mol. The second kappa shape index (κ2) is 6.39. The molecule has 7 heteroatoms. The highest BCUT2D eigenvalue weighted by molar-refractivity contribution is 5.05. The van der Waals surface area contributed by atoms with E-state index in [4.69, 9.17) is 9.05 Å². The molecule has 7 nitrogen and oxygen atoms in total. The minimum atomic E-state index is 0.349. The zero-order chi connectivity index (χ0) is 15.6. The third kappa shape index (κ3) is 3.44. The summed E-state index contributed by atoms with van der Waals surface area (Å²) >= 11 is 0. The van der Waals surface area contributed by atoms with Crippen molar-refractivity contribution in [3.8, 4) is 0 Å². The van der Waals surface area contributed by atoms with Gasteiger partial charge in [-0.3, -0.25) is 4.90 Å². The Hall–Kier alpha value is -1.76. The molecule has 0 bridgehead atoms. The van der Waals surface area contributed by atoms with E-state index in [0.717, 1.165) is 68.7 Å². The average molecular weight is 317 g/mol. The van der Waals surface area contributed by atoms with E-state index in [1.54, 1.807) is 0 Å². The van der Waals surface area contributed by atoms with Crippen molar-refractivity contribution in [2.75, 3.05) is 13.1 Å². The van der Waals surface area contributed by atoms with Crippen LogP contribution in [0.25, 0.3) is 0 Å². The Morgan fingerprint density at radius 3 is 2.83 bits per heavy atom. The van der Waals surface area contributed by atoms with Crippen LogP contribution in [-0.4, -0.2) is 38.3 Å². The molecule has 1 atom stereocenters. The van der Waals surface area contributed by atoms with Crippen LogP contribution in [0.3, 0.4) is 0 Å². The molecule has 4 rings (SSSR count). The summed E-state index contributed by atoms with van der Waals surface area (Å²) < 4.78 is 10.7. The first-order valence-corrected chi connectivity index (χ1v) is 8.69. The SMILES string of the molecule is CCCc1nc(CN2CCCC(c3noc(C4CC4)n3)C2)no1. The van der Waals surface area contributed by atoms with E-state index in [9.17, 15) is 0 Å². The number of hydrogen-bond acceptors (Lipinski definition) is 7. The molecule has 1 saturated heterocycles. The Morgan fingerprint density at radius 2 is 2.00 bits per heavy atom. The molecule has 23 heavy (non-hydrogen) atoms. The molecule has 3 heterocycles. The maximum Gasteiger partial charge on any atom is 0.229 e. The van der Waals surface area contributed by atoms with Crippen LogP contribution in [0.4, 0.5) is 0 Å². The van der Waals surface area contributed by atoms with Gasteiger partial charge in [-0.2, -0.15) is 9.97 Å². The summed E-state index contributed by atoms with van der Waals surface area (Å²) in [7, 11) is 0. The first-order chi connectivity index (χ1) is 11.3. The van der Waals surface area contributed by atoms with Crippen molar-refractivity contribution in [1.82, 2.24) is 25.2 Å². The predicted octanol–water partition coefficient (Wildman–Crippen LogP) is 2.66. The monoisotopic (exact) mass is 317 g/mol. The topological polar surface area (TPSA) is 81.1 Å². The highest BCUT2D eigenvalue weighted by atomic mass is 16.5. The fourth-order valence-corrected chi connectivity index (χ4v) is 3.19. The second-order valence-corrected chi connectivity index (χ2v) is 6.69. The van der Waals surface area contributed by atoms with Gasteiger partial charge in [0.15, 0.2) is 11.6 Å². The molecule has 1 aliphatic heterocycles. The van der Waals surface area contributed by atoms with Crippen molar-refractivity contribution < 1.29 is 9.05 Å². The fraction of sp³-hybridized carbons (Fsp3) is 0.750. The van der Waals surface area contributed by atoms with Crippen molar-refractivity contribution >= 4 is 0 Å². The van der Waals surface area contributed by atoms with Crippen LogP contribution in [0, 0.1) is 0 Å². The zero-order valence-electron chi connectivity index (χ0n) is 13.6. The molecule has 0 amide bonds. The van der Waals surface area contributed by atoms with Gasteiger partial charge in [0.05, 0.1) is 6.54 Å². The normalized spacial score (nSPS) is 22.6. The van der Waals surface area contributed by atoms with Crippen LogP contribution >= 0.6 is 0 Å². The molecule has 2 aromatic rings. The molecule has 2 fully saturated rings. The Morgan fingerprint density at radius 1 is 1.09 bits per heavy atom. The van der Waals surface area contributed by atoms with E-state index in [2.05, 4.69) is 32.1 Å². The summed E-state index contributed by atoms with van der Waals surface area (Å²) in [4.78, 5) is 11.4. The number of likely N-dealkylation sites (tertiary alicyclic amines) is 1. The summed E-state index contributed by atoms with van der Waals surface area (Å²) in [6.45, 7) is 4.83. The molecular formula is C16H23N5O2. The summed E-state index contributed by atoms with van der Waals surface area (Å²) in [5.74, 6) is 4.09. The predicted molar refractivity (Wildman–Crippen MR) is 81.8 cm³/mol. The third-order valence-electron chi connectivity index (χ3n) is 4.59. The second-order valence-electron chi connectivity index (χ2n) is 6.69. The van der Waals surface area contributed by atoms with Crippen LogP contribution in [-0.2, 0) is 13.0 Å². The quantitative estimate of drug-likeness (QED) is 0.810. The van der Waals surface area contributed by atoms with Gasteiger partial charge in [-0.15, -0.1) is 0 Å². The lowest BCUT2D eigenvalue weighted by molar-refractivity contribution is 0.188. The van der Waals surface area contributed by atoms with Gasteiger partial charge in [0.2, 0.25) is 11.8 Å². The minimum Gasteiger partial charge on any atom is -0.339 e. The lowest BCUT2D eigenvalue weighted by Gasteiger charge is -2.30. The van der Waals surface area contributed by atoms with Gasteiger partial charge < -0.3 is 9.05 Å². The largest absolute Gasteiger partial charge is 0.339 e. The van der Waals surface area contributed by atoms with Crippen LogP contribution in [0.15, 0.2) is 9.05 Å². The lowest BCUT2D eigenvalue weighted by Crippen LogP contribution is -2.34. The van der Waals surface area contributed by atoms with Crippen LogP contribution < -0.4 is 0 Å². The molecule has 0 aromatic carbocycles. The van der Waals surface area contributed by atoms with Crippen molar-refractivity contribution in [3.63, 3.8) is 0 Å². The number of nitrogens with zero attached hydrogens (tertiary/aromatic N) is 5. The maximum absolute atomic E-state index is 5.41. The number of aromatic nitrogens is 4. The van der Waals surface area contributed by atoms with Gasteiger partial charge in [-0.1, -0.05) is 17.2 Å². The van der Waals surface area contributed by atoms with Crippen molar-refractivity contribution in [1.29, 1.82) is 0 Å². The molecule has 1 saturated carbocycles. The number of hydrogen-bond donors (Lipinski definition) is 0. The molecule has 1 aliphatic carbocycles. The summed E-state index contributed by atoms with van der Waals surface area (Å²) in [5.41, 5.74) is 0. The number of rotatable bonds is 6. The van der Waals surface area contributed by atoms with E-state index < -0.39 is 0 Å². The summed E-state index contributed by atoms with van der Waals surface area (Å²) in [6.07, 6.45) is 6.51. The van der Waals surface area contributed by atoms with Gasteiger partial charge in [0.25, 0.3) is 0 Å². The zero-order valence-corrected chi connectivity index (χ0v) is 13.6. The first kappa shape index (κ1) is 14.8. The Balaban J connectivity index is 1.37. The summed E-state index contributed by atoms with van der Waals surface area (Å²) in [6, 6.07) is 0. The van der Waals surface area contributed by atoms with E-state index >= 15 is 0 Å². The van der Waals surface area contributed by atoms with Gasteiger partial charge >= 0.3 is 0 Å². The fourth-order valence-electron chi connectivity index (χ4n) is 3.19. The molecule has 0 radical (unpaired) electrons. The van der Waals surface area contributed by atoms with Crippen LogP contribution in [0.5, 0.6) is 0 Å². The maximum atomic E-state index is 5.41. The van der Waals surface area contributed by atoms with Gasteiger partial charge in [0.1, 0.15) is 0 Å².